The molecule has 0 bridgehead atoms. The van der Waals surface area contributed by atoms with Gasteiger partial charge < -0.3 is 10.2 Å². The number of para-hydroxylation sites is 1. The van der Waals surface area contributed by atoms with Gasteiger partial charge in [-0.25, -0.2) is 4.39 Å². The zero-order valence-corrected chi connectivity index (χ0v) is 12.8. The van der Waals surface area contributed by atoms with Crippen molar-refractivity contribution in [1.29, 1.82) is 0 Å². The molecule has 2 nitrogen and oxygen atoms in total. The molecule has 0 amide bonds. The molecule has 108 valence electrons. The maximum absolute atomic E-state index is 14.2. The Hall–Kier alpha value is -1.09. The highest BCUT2D eigenvalue weighted by Crippen LogP contribution is 2.29. The van der Waals surface area contributed by atoms with E-state index in [1.54, 1.807) is 12.1 Å². The third kappa shape index (κ3) is 4.20. The van der Waals surface area contributed by atoms with Crippen LogP contribution >= 0.6 is 0 Å². The molecule has 19 heavy (non-hydrogen) atoms. The summed E-state index contributed by atoms with van der Waals surface area (Å²) in [5.74, 6) is 0.431. The van der Waals surface area contributed by atoms with Crippen LogP contribution in [0, 0.1) is 11.7 Å². The maximum atomic E-state index is 14.2. The van der Waals surface area contributed by atoms with E-state index in [9.17, 15) is 4.39 Å². The van der Waals surface area contributed by atoms with E-state index in [1.165, 1.54) is 0 Å². The first kappa shape index (κ1) is 16.0. The van der Waals surface area contributed by atoms with Crippen molar-refractivity contribution in [2.45, 2.75) is 40.2 Å². The van der Waals surface area contributed by atoms with Gasteiger partial charge in [-0.2, -0.15) is 0 Å². The van der Waals surface area contributed by atoms with Gasteiger partial charge in [0.1, 0.15) is 5.82 Å². The van der Waals surface area contributed by atoms with E-state index in [-0.39, 0.29) is 11.9 Å². The van der Waals surface area contributed by atoms with Gasteiger partial charge in [0.25, 0.3) is 0 Å². The van der Waals surface area contributed by atoms with Crippen molar-refractivity contribution in [1.82, 2.24) is 5.32 Å². The molecule has 0 saturated heterocycles. The molecule has 0 spiro atoms. The molecule has 0 aromatic heterocycles. The molecule has 2 atom stereocenters. The third-order valence-electron chi connectivity index (χ3n) is 3.66. The van der Waals surface area contributed by atoms with E-state index in [2.05, 4.69) is 33.0 Å². The van der Waals surface area contributed by atoms with Crippen LogP contribution in [0.1, 0.15) is 45.7 Å². The standard InChI is InChI=1S/C16H27FN2/c1-6-12(3)11-19(5)16-14(13(4)18-7-2)9-8-10-15(16)17/h8-10,12-13,18H,6-7,11H2,1-5H3. The van der Waals surface area contributed by atoms with Crippen LogP contribution in [-0.2, 0) is 0 Å². The molecule has 3 heteroatoms. The Morgan fingerprint density at radius 2 is 1.95 bits per heavy atom. The predicted octanol–water partition coefficient (Wildman–Crippen LogP) is 3.98. The largest absolute Gasteiger partial charge is 0.372 e. The highest BCUT2D eigenvalue weighted by Gasteiger charge is 2.17. The second kappa shape index (κ2) is 7.49. The fraction of sp³-hybridized carbons (Fsp3) is 0.625. The second-order valence-corrected chi connectivity index (χ2v) is 5.35. The summed E-state index contributed by atoms with van der Waals surface area (Å²) in [6.45, 7) is 10.3. The van der Waals surface area contributed by atoms with E-state index >= 15 is 0 Å². The van der Waals surface area contributed by atoms with Gasteiger partial charge >= 0.3 is 0 Å². The molecule has 0 heterocycles. The number of benzene rings is 1. The Bertz CT molecular complexity index is 392. The molecule has 0 fully saturated rings. The summed E-state index contributed by atoms with van der Waals surface area (Å²) in [5, 5.41) is 3.36. The zero-order chi connectivity index (χ0) is 14.4. The van der Waals surface area contributed by atoms with E-state index in [1.807, 2.05) is 18.0 Å². The van der Waals surface area contributed by atoms with Gasteiger partial charge in [0.2, 0.25) is 0 Å². The van der Waals surface area contributed by atoms with Crippen LogP contribution in [-0.4, -0.2) is 20.1 Å². The fourth-order valence-electron chi connectivity index (χ4n) is 2.39. The van der Waals surface area contributed by atoms with Crippen molar-refractivity contribution in [3.63, 3.8) is 0 Å². The quantitative estimate of drug-likeness (QED) is 0.803. The summed E-state index contributed by atoms with van der Waals surface area (Å²) in [7, 11) is 1.98. The van der Waals surface area contributed by atoms with Crippen molar-refractivity contribution in [2.75, 3.05) is 25.0 Å². The Morgan fingerprint density at radius 1 is 1.26 bits per heavy atom. The average molecular weight is 266 g/mol. The fourth-order valence-corrected chi connectivity index (χ4v) is 2.39. The summed E-state index contributed by atoms with van der Waals surface area (Å²) in [5.41, 5.74) is 1.77. The molecule has 1 aromatic carbocycles. The molecule has 1 rings (SSSR count). The summed E-state index contributed by atoms with van der Waals surface area (Å²) in [6, 6.07) is 5.51. The van der Waals surface area contributed by atoms with Crippen LogP contribution in [0.2, 0.25) is 0 Å². The number of nitrogens with zero attached hydrogens (tertiary/aromatic N) is 1. The number of hydrogen-bond acceptors (Lipinski definition) is 2. The van der Waals surface area contributed by atoms with Gasteiger partial charge in [-0.15, -0.1) is 0 Å². The van der Waals surface area contributed by atoms with E-state index in [0.717, 1.165) is 30.8 Å². The first-order chi connectivity index (χ1) is 9.01. The van der Waals surface area contributed by atoms with Gasteiger partial charge in [0, 0.05) is 19.6 Å². The molecule has 2 unspecified atom stereocenters. The second-order valence-electron chi connectivity index (χ2n) is 5.35. The van der Waals surface area contributed by atoms with Gasteiger partial charge in [-0.05, 0) is 31.0 Å². The Morgan fingerprint density at radius 3 is 2.53 bits per heavy atom. The van der Waals surface area contributed by atoms with Crippen LogP contribution in [0.3, 0.4) is 0 Å². The van der Waals surface area contributed by atoms with Crippen molar-refractivity contribution < 1.29 is 4.39 Å². The normalized spacial score (nSPS) is 14.2. The Kier molecular flexibility index (Phi) is 6.29. The third-order valence-corrected chi connectivity index (χ3v) is 3.66. The van der Waals surface area contributed by atoms with Crippen molar-refractivity contribution in [3.8, 4) is 0 Å². The lowest BCUT2D eigenvalue weighted by Crippen LogP contribution is -2.28. The minimum Gasteiger partial charge on any atom is -0.372 e. The predicted molar refractivity (Wildman–Crippen MR) is 81.2 cm³/mol. The van der Waals surface area contributed by atoms with Crippen LogP contribution in [0.25, 0.3) is 0 Å². The first-order valence-corrected chi connectivity index (χ1v) is 7.24. The molecule has 0 saturated carbocycles. The van der Waals surface area contributed by atoms with Crippen molar-refractivity contribution >= 4 is 5.69 Å². The van der Waals surface area contributed by atoms with Gasteiger partial charge in [-0.1, -0.05) is 39.3 Å². The summed E-state index contributed by atoms with van der Waals surface area (Å²) < 4.78 is 14.2. The van der Waals surface area contributed by atoms with Gasteiger partial charge in [0.05, 0.1) is 5.69 Å². The van der Waals surface area contributed by atoms with E-state index in [0.29, 0.717) is 5.92 Å². The number of nitrogens with one attached hydrogen (secondary N) is 1. The first-order valence-electron chi connectivity index (χ1n) is 7.24. The van der Waals surface area contributed by atoms with Crippen LogP contribution < -0.4 is 10.2 Å². The van der Waals surface area contributed by atoms with Gasteiger partial charge in [0.15, 0.2) is 0 Å². The van der Waals surface area contributed by atoms with Crippen molar-refractivity contribution in [3.05, 3.63) is 29.6 Å². The van der Waals surface area contributed by atoms with Gasteiger partial charge in [-0.3, -0.25) is 0 Å². The monoisotopic (exact) mass is 266 g/mol. The topological polar surface area (TPSA) is 15.3 Å². The molecular weight excluding hydrogens is 239 g/mol. The average Bonchev–Trinajstić information content (AvgIpc) is 2.38. The number of hydrogen-bond donors (Lipinski definition) is 1. The molecule has 1 N–H and O–H groups in total. The number of anilines is 1. The highest BCUT2D eigenvalue weighted by atomic mass is 19.1. The zero-order valence-electron chi connectivity index (χ0n) is 12.8. The lowest BCUT2D eigenvalue weighted by atomic mass is 10.0. The van der Waals surface area contributed by atoms with Crippen LogP contribution in [0.4, 0.5) is 10.1 Å². The van der Waals surface area contributed by atoms with Crippen LogP contribution in [0.5, 0.6) is 0 Å². The number of rotatable bonds is 7. The molecule has 1 aromatic rings. The van der Waals surface area contributed by atoms with E-state index in [4.69, 9.17) is 0 Å². The maximum Gasteiger partial charge on any atom is 0.146 e. The van der Waals surface area contributed by atoms with Crippen molar-refractivity contribution in [2.24, 2.45) is 5.92 Å². The minimum absolute atomic E-state index is 0.131. The Labute approximate surface area is 117 Å². The SMILES string of the molecule is CCNC(C)c1cccc(F)c1N(C)CC(C)CC. The summed E-state index contributed by atoms with van der Waals surface area (Å²) >= 11 is 0. The molecule has 0 aliphatic carbocycles. The van der Waals surface area contributed by atoms with E-state index < -0.39 is 0 Å². The summed E-state index contributed by atoms with van der Waals surface area (Å²) in [4.78, 5) is 2.05. The molecular formula is C16H27FN2. The number of halogens is 1. The Balaban J connectivity index is 3.03. The molecule has 0 radical (unpaired) electrons. The lowest BCUT2D eigenvalue weighted by molar-refractivity contribution is 0.540. The summed E-state index contributed by atoms with van der Waals surface area (Å²) in [6.07, 6.45) is 1.11. The highest BCUT2D eigenvalue weighted by molar-refractivity contribution is 5.55. The lowest BCUT2D eigenvalue weighted by Gasteiger charge is -2.28. The minimum atomic E-state index is -0.131. The van der Waals surface area contributed by atoms with Crippen LogP contribution in [0.15, 0.2) is 18.2 Å². The molecule has 0 aliphatic heterocycles. The smallest absolute Gasteiger partial charge is 0.146 e. The molecule has 0 aliphatic rings.